The van der Waals surface area contributed by atoms with Gasteiger partial charge in [0.15, 0.2) is 5.96 Å². The minimum absolute atomic E-state index is 0.203. The van der Waals surface area contributed by atoms with Crippen LogP contribution in [0.4, 0.5) is 0 Å². The van der Waals surface area contributed by atoms with Crippen molar-refractivity contribution in [1.82, 2.24) is 10.2 Å². The first-order valence-corrected chi connectivity index (χ1v) is 10.9. The average Bonchev–Trinajstić information content (AvgIpc) is 3.13. The number of nitrogens with one attached hydrogen (secondary N) is 1. The molecule has 0 bridgehead atoms. The quantitative estimate of drug-likeness (QED) is 0.634. The highest BCUT2D eigenvalue weighted by molar-refractivity contribution is 5.80. The maximum atomic E-state index is 6.16. The molecule has 1 spiro atoms. The molecule has 1 aromatic rings. The van der Waals surface area contributed by atoms with Gasteiger partial charge >= 0.3 is 0 Å². The fraction of sp³-hybridized carbons (Fsp3) is 0.696. The van der Waals surface area contributed by atoms with Gasteiger partial charge in [-0.25, -0.2) is 0 Å². The molecule has 2 unspecified atom stereocenters. The maximum absolute atomic E-state index is 6.16. The van der Waals surface area contributed by atoms with Crippen LogP contribution in [0.25, 0.3) is 0 Å². The van der Waals surface area contributed by atoms with Crippen LogP contribution in [0.3, 0.4) is 0 Å². The van der Waals surface area contributed by atoms with Gasteiger partial charge in [-0.2, -0.15) is 0 Å². The molecule has 1 saturated carbocycles. The molecule has 2 saturated heterocycles. The average molecular weight is 370 g/mol. The minimum Gasteiger partial charge on any atom is -0.373 e. The third kappa shape index (κ3) is 4.31. The lowest BCUT2D eigenvalue weighted by Gasteiger charge is -2.35. The second kappa shape index (κ2) is 8.64. The number of guanidine groups is 1. The summed E-state index contributed by atoms with van der Waals surface area (Å²) in [5.41, 5.74) is 1.87. The zero-order chi connectivity index (χ0) is 18.5. The van der Waals surface area contributed by atoms with Crippen molar-refractivity contribution in [2.75, 3.05) is 33.3 Å². The predicted molar refractivity (Wildman–Crippen MR) is 111 cm³/mol. The van der Waals surface area contributed by atoms with E-state index in [1.807, 2.05) is 7.05 Å². The normalized spacial score (nSPS) is 28.5. The summed E-state index contributed by atoms with van der Waals surface area (Å²) in [6, 6.07) is 10.7. The van der Waals surface area contributed by atoms with E-state index in [1.165, 1.54) is 57.1 Å². The Labute approximate surface area is 164 Å². The molecule has 4 rings (SSSR count). The van der Waals surface area contributed by atoms with Gasteiger partial charge in [-0.15, -0.1) is 0 Å². The van der Waals surface area contributed by atoms with Crippen LogP contribution in [-0.2, 0) is 4.74 Å². The second-order valence-electron chi connectivity index (χ2n) is 8.76. The highest BCUT2D eigenvalue weighted by Crippen LogP contribution is 2.43. The molecule has 27 heavy (non-hydrogen) atoms. The van der Waals surface area contributed by atoms with E-state index in [-0.39, 0.29) is 6.10 Å². The van der Waals surface area contributed by atoms with Crippen molar-refractivity contribution < 1.29 is 4.74 Å². The number of hydrogen-bond acceptors (Lipinski definition) is 2. The first-order chi connectivity index (χ1) is 13.3. The van der Waals surface area contributed by atoms with Crippen LogP contribution in [0, 0.1) is 11.3 Å². The fourth-order valence-corrected chi connectivity index (χ4v) is 5.44. The molecule has 3 fully saturated rings. The molecule has 3 aliphatic rings. The standard InChI is InChI=1S/C23H35N3O/c1-24-22(26-15-14-23(18-26)12-6-3-7-13-23)25-17-20-11-8-16-27-21(20)19-9-4-2-5-10-19/h2,4-5,9-10,20-21H,3,6-8,11-18H2,1H3,(H,24,25). The number of aliphatic imine (C=N–C) groups is 1. The topological polar surface area (TPSA) is 36.9 Å². The molecule has 2 atom stereocenters. The number of rotatable bonds is 3. The van der Waals surface area contributed by atoms with E-state index in [2.05, 4.69) is 45.5 Å². The molecule has 148 valence electrons. The van der Waals surface area contributed by atoms with Crippen LogP contribution in [0.1, 0.15) is 63.0 Å². The molecule has 2 aliphatic heterocycles. The summed E-state index contributed by atoms with van der Waals surface area (Å²) in [5.74, 6) is 1.60. The maximum Gasteiger partial charge on any atom is 0.193 e. The van der Waals surface area contributed by atoms with E-state index >= 15 is 0 Å². The van der Waals surface area contributed by atoms with E-state index in [9.17, 15) is 0 Å². The molecule has 1 aliphatic carbocycles. The molecular formula is C23H35N3O. The molecule has 4 nitrogen and oxygen atoms in total. The summed E-state index contributed by atoms with van der Waals surface area (Å²) in [6.07, 6.45) is 11.0. The molecule has 1 N–H and O–H groups in total. The monoisotopic (exact) mass is 369 g/mol. The summed E-state index contributed by atoms with van der Waals surface area (Å²) in [5, 5.41) is 3.70. The van der Waals surface area contributed by atoms with Crippen molar-refractivity contribution in [2.45, 2.75) is 57.5 Å². The fourth-order valence-electron chi connectivity index (χ4n) is 5.44. The summed E-state index contributed by atoms with van der Waals surface area (Å²) in [4.78, 5) is 7.13. The van der Waals surface area contributed by atoms with Crippen molar-refractivity contribution in [3.8, 4) is 0 Å². The molecule has 4 heteroatoms. The number of hydrogen-bond donors (Lipinski definition) is 1. The SMILES string of the molecule is CN=C(NCC1CCCOC1c1ccccc1)N1CCC2(CCCCC2)C1. The smallest absolute Gasteiger partial charge is 0.193 e. The van der Waals surface area contributed by atoms with Gasteiger partial charge in [-0.3, -0.25) is 4.99 Å². The van der Waals surface area contributed by atoms with Crippen LogP contribution >= 0.6 is 0 Å². The van der Waals surface area contributed by atoms with Gasteiger partial charge in [0.1, 0.15) is 0 Å². The number of likely N-dealkylation sites (tertiary alicyclic amines) is 1. The Hall–Kier alpha value is -1.55. The van der Waals surface area contributed by atoms with Crippen LogP contribution in [0.5, 0.6) is 0 Å². The van der Waals surface area contributed by atoms with Crippen LogP contribution in [0.2, 0.25) is 0 Å². The molecule has 0 aromatic heterocycles. The molecular weight excluding hydrogens is 334 g/mol. The predicted octanol–water partition coefficient (Wildman–Crippen LogP) is 4.39. The lowest BCUT2D eigenvalue weighted by atomic mass is 9.73. The van der Waals surface area contributed by atoms with E-state index < -0.39 is 0 Å². The van der Waals surface area contributed by atoms with Crippen molar-refractivity contribution in [3.05, 3.63) is 35.9 Å². The molecule has 0 radical (unpaired) electrons. The van der Waals surface area contributed by atoms with Gasteiger partial charge < -0.3 is 15.0 Å². The lowest BCUT2D eigenvalue weighted by Crippen LogP contribution is -2.44. The van der Waals surface area contributed by atoms with E-state index in [0.717, 1.165) is 32.1 Å². The minimum atomic E-state index is 0.203. The third-order valence-corrected chi connectivity index (χ3v) is 6.96. The molecule has 1 aromatic carbocycles. The summed E-state index contributed by atoms with van der Waals surface area (Å²) >= 11 is 0. The Morgan fingerprint density at radius 2 is 1.96 bits per heavy atom. The van der Waals surface area contributed by atoms with E-state index in [1.54, 1.807) is 0 Å². The van der Waals surface area contributed by atoms with E-state index in [4.69, 9.17) is 4.74 Å². The molecule has 2 heterocycles. The van der Waals surface area contributed by atoms with Crippen molar-refractivity contribution in [3.63, 3.8) is 0 Å². The Morgan fingerprint density at radius 3 is 2.74 bits per heavy atom. The van der Waals surface area contributed by atoms with Crippen LogP contribution in [0.15, 0.2) is 35.3 Å². The Morgan fingerprint density at radius 1 is 1.15 bits per heavy atom. The third-order valence-electron chi connectivity index (χ3n) is 6.96. The Bertz CT molecular complexity index is 624. The van der Waals surface area contributed by atoms with Crippen molar-refractivity contribution in [2.24, 2.45) is 16.3 Å². The van der Waals surface area contributed by atoms with Gasteiger partial charge in [0, 0.05) is 39.2 Å². The van der Waals surface area contributed by atoms with Crippen LogP contribution in [-0.4, -0.2) is 44.1 Å². The molecule has 0 amide bonds. The highest BCUT2D eigenvalue weighted by Gasteiger charge is 2.40. The van der Waals surface area contributed by atoms with Crippen LogP contribution < -0.4 is 5.32 Å². The van der Waals surface area contributed by atoms with Gasteiger partial charge in [-0.1, -0.05) is 49.6 Å². The zero-order valence-electron chi connectivity index (χ0n) is 16.8. The summed E-state index contributed by atoms with van der Waals surface area (Å²) in [6.45, 7) is 4.16. The number of benzene rings is 1. The van der Waals surface area contributed by atoms with Gasteiger partial charge in [0.05, 0.1) is 6.10 Å². The zero-order valence-corrected chi connectivity index (χ0v) is 16.8. The second-order valence-corrected chi connectivity index (χ2v) is 8.76. The Balaban J connectivity index is 1.36. The van der Waals surface area contributed by atoms with Gasteiger partial charge in [0.25, 0.3) is 0 Å². The van der Waals surface area contributed by atoms with Crippen molar-refractivity contribution >= 4 is 5.96 Å². The Kier molecular flexibility index (Phi) is 6.01. The first-order valence-electron chi connectivity index (χ1n) is 10.9. The lowest BCUT2D eigenvalue weighted by molar-refractivity contribution is -0.0266. The van der Waals surface area contributed by atoms with E-state index in [0.29, 0.717) is 11.3 Å². The summed E-state index contributed by atoms with van der Waals surface area (Å²) < 4.78 is 6.16. The highest BCUT2D eigenvalue weighted by atomic mass is 16.5. The number of nitrogens with zero attached hydrogens (tertiary/aromatic N) is 2. The van der Waals surface area contributed by atoms with Gasteiger partial charge in [-0.05, 0) is 43.1 Å². The number of ether oxygens (including phenoxy) is 1. The largest absolute Gasteiger partial charge is 0.373 e. The van der Waals surface area contributed by atoms with Crippen molar-refractivity contribution in [1.29, 1.82) is 0 Å². The first kappa shape index (κ1) is 18.8. The summed E-state index contributed by atoms with van der Waals surface area (Å²) in [7, 11) is 1.93. The van der Waals surface area contributed by atoms with Gasteiger partial charge in [0.2, 0.25) is 0 Å².